The number of benzene rings is 1. The maximum absolute atomic E-state index is 11.6. The Morgan fingerprint density at radius 3 is 2.25 bits per heavy atom. The van der Waals surface area contributed by atoms with Crippen molar-refractivity contribution in [1.82, 2.24) is 16.0 Å². The van der Waals surface area contributed by atoms with Crippen LogP contribution < -0.4 is 16.0 Å². The molecule has 1 aromatic carbocycles. The van der Waals surface area contributed by atoms with Crippen molar-refractivity contribution in [2.75, 3.05) is 26.7 Å². The lowest BCUT2D eigenvalue weighted by atomic mass is 9.86. The van der Waals surface area contributed by atoms with Crippen LogP contribution in [0.4, 0.5) is 0 Å². The molecule has 0 aliphatic heterocycles. The molecule has 134 valence electrons. The van der Waals surface area contributed by atoms with Gasteiger partial charge in [-0.15, -0.1) is 0 Å². The summed E-state index contributed by atoms with van der Waals surface area (Å²) < 4.78 is 0. The van der Waals surface area contributed by atoms with Crippen molar-refractivity contribution in [1.29, 1.82) is 0 Å². The van der Waals surface area contributed by atoms with E-state index in [1.54, 1.807) is 7.05 Å². The zero-order chi connectivity index (χ0) is 18.0. The summed E-state index contributed by atoms with van der Waals surface area (Å²) in [6.45, 7) is 10.4. The molecule has 0 aromatic heterocycles. The first kappa shape index (κ1) is 20.0. The van der Waals surface area contributed by atoms with E-state index >= 15 is 0 Å². The Labute approximate surface area is 146 Å². The quantitative estimate of drug-likeness (QED) is 0.530. The fourth-order valence-electron chi connectivity index (χ4n) is 2.21. The van der Waals surface area contributed by atoms with Crippen LogP contribution in [-0.4, -0.2) is 38.5 Å². The second-order valence-corrected chi connectivity index (χ2v) is 6.90. The van der Waals surface area contributed by atoms with Crippen LogP contribution in [0.15, 0.2) is 29.3 Å². The third-order valence-electron chi connectivity index (χ3n) is 3.74. The van der Waals surface area contributed by atoms with E-state index in [1.165, 1.54) is 11.1 Å². The second-order valence-electron chi connectivity index (χ2n) is 6.90. The third-order valence-corrected chi connectivity index (χ3v) is 3.74. The molecule has 0 fully saturated rings. The first-order valence-corrected chi connectivity index (χ1v) is 8.67. The molecule has 0 heterocycles. The van der Waals surface area contributed by atoms with E-state index in [-0.39, 0.29) is 17.9 Å². The molecule has 3 N–H and O–H groups in total. The minimum Gasteiger partial charge on any atom is -0.356 e. The SMILES string of the molecule is CCCNC(=O)CNC(=NC)NCCc1ccc(C(C)(C)C)cc1. The van der Waals surface area contributed by atoms with Gasteiger partial charge in [-0.2, -0.15) is 0 Å². The monoisotopic (exact) mass is 332 g/mol. The molecule has 5 heteroatoms. The van der Waals surface area contributed by atoms with E-state index in [0.717, 1.165) is 19.4 Å². The molecule has 0 aliphatic rings. The molecule has 1 rings (SSSR count). The zero-order valence-electron chi connectivity index (χ0n) is 15.7. The Bertz CT molecular complexity index is 529. The Morgan fingerprint density at radius 2 is 1.71 bits per heavy atom. The number of hydrogen-bond acceptors (Lipinski definition) is 2. The fraction of sp³-hybridized carbons (Fsp3) is 0.579. The van der Waals surface area contributed by atoms with Crippen molar-refractivity contribution in [3.05, 3.63) is 35.4 Å². The van der Waals surface area contributed by atoms with E-state index in [2.05, 4.69) is 66.0 Å². The Morgan fingerprint density at radius 1 is 1.04 bits per heavy atom. The summed E-state index contributed by atoms with van der Waals surface area (Å²) in [7, 11) is 1.71. The first-order chi connectivity index (χ1) is 11.4. The summed E-state index contributed by atoms with van der Waals surface area (Å²) in [4.78, 5) is 15.7. The number of rotatable bonds is 7. The molecule has 0 bridgehead atoms. The fourth-order valence-corrected chi connectivity index (χ4v) is 2.21. The summed E-state index contributed by atoms with van der Waals surface area (Å²) in [6, 6.07) is 8.74. The number of carbonyl (C=O) groups is 1. The maximum Gasteiger partial charge on any atom is 0.239 e. The first-order valence-electron chi connectivity index (χ1n) is 8.67. The van der Waals surface area contributed by atoms with Gasteiger partial charge in [-0.25, -0.2) is 0 Å². The number of carbonyl (C=O) groups excluding carboxylic acids is 1. The number of nitrogens with zero attached hydrogens (tertiary/aromatic N) is 1. The van der Waals surface area contributed by atoms with Crippen LogP contribution in [0.1, 0.15) is 45.2 Å². The summed E-state index contributed by atoms with van der Waals surface area (Å²) >= 11 is 0. The molecule has 1 aromatic rings. The van der Waals surface area contributed by atoms with E-state index in [0.29, 0.717) is 12.5 Å². The van der Waals surface area contributed by atoms with Gasteiger partial charge >= 0.3 is 0 Å². The largest absolute Gasteiger partial charge is 0.356 e. The Kier molecular flexibility index (Phi) is 8.30. The molecule has 0 saturated carbocycles. The van der Waals surface area contributed by atoms with E-state index in [9.17, 15) is 4.79 Å². The lowest BCUT2D eigenvalue weighted by Gasteiger charge is -2.19. The number of aliphatic imine (C=N–C) groups is 1. The standard InChI is InChI=1S/C19H32N4O/c1-6-12-21-17(24)14-23-18(20-5)22-13-11-15-7-9-16(10-8-15)19(2,3)4/h7-10H,6,11-14H2,1-5H3,(H,21,24)(H2,20,22,23). The minimum absolute atomic E-state index is 0.0161. The van der Waals surface area contributed by atoms with E-state index in [4.69, 9.17) is 0 Å². The molecular weight excluding hydrogens is 300 g/mol. The van der Waals surface area contributed by atoms with Gasteiger partial charge < -0.3 is 16.0 Å². The average molecular weight is 332 g/mol. The normalized spacial score (nSPS) is 12.0. The van der Waals surface area contributed by atoms with Gasteiger partial charge in [-0.3, -0.25) is 9.79 Å². The van der Waals surface area contributed by atoms with Gasteiger partial charge in [0.25, 0.3) is 0 Å². The third kappa shape index (κ3) is 7.49. The predicted molar refractivity (Wildman–Crippen MR) is 102 cm³/mol. The van der Waals surface area contributed by atoms with E-state index in [1.807, 2.05) is 6.92 Å². The highest BCUT2D eigenvalue weighted by Gasteiger charge is 2.12. The highest BCUT2D eigenvalue weighted by molar-refractivity contribution is 5.86. The second kappa shape index (κ2) is 9.96. The Balaban J connectivity index is 2.35. The van der Waals surface area contributed by atoms with E-state index < -0.39 is 0 Å². The molecule has 0 atom stereocenters. The van der Waals surface area contributed by atoms with Crippen LogP contribution in [0.3, 0.4) is 0 Å². The molecule has 0 spiro atoms. The predicted octanol–water partition coefficient (Wildman–Crippen LogP) is 2.22. The van der Waals surface area contributed by atoms with Gasteiger partial charge in [0, 0.05) is 20.1 Å². The summed E-state index contributed by atoms with van der Waals surface area (Å²) in [5.41, 5.74) is 2.81. The van der Waals surface area contributed by atoms with Crippen molar-refractivity contribution < 1.29 is 4.79 Å². The van der Waals surface area contributed by atoms with Crippen molar-refractivity contribution in [2.24, 2.45) is 4.99 Å². The summed E-state index contributed by atoms with van der Waals surface area (Å²) in [5.74, 6) is 0.630. The number of amides is 1. The van der Waals surface area contributed by atoms with Gasteiger partial charge in [0.2, 0.25) is 5.91 Å². The maximum atomic E-state index is 11.6. The lowest BCUT2D eigenvalue weighted by molar-refractivity contribution is -0.120. The number of nitrogens with one attached hydrogen (secondary N) is 3. The molecule has 0 radical (unpaired) electrons. The van der Waals surface area contributed by atoms with Crippen molar-refractivity contribution in [3.8, 4) is 0 Å². The van der Waals surface area contributed by atoms with Crippen LogP contribution in [-0.2, 0) is 16.6 Å². The van der Waals surface area contributed by atoms with Gasteiger partial charge in [-0.1, -0.05) is 52.0 Å². The van der Waals surface area contributed by atoms with Gasteiger partial charge in [0.05, 0.1) is 6.54 Å². The molecule has 0 aliphatic carbocycles. The minimum atomic E-state index is -0.0161. The van der Waals surface area contributed by atoms with Crippen molar-refractivity contribution >= 4 is 11.9 Å². The van der Waals surface area contributed by atoms with Gasteiger partial charge in [0.15, 0.2) is 5.96 Å². The van der Waals surface area contributed by atoms with Crippen LogP contribution in [0.25, 0.3) is 0 Å². The van der Waals surface area contributed by atoms with Crippen LogP contribution in [0, 0.1) is 0 Å². The average Bonchev–Trinajstić information content (AvgIpc) is 2.55. The Hall–Kier alpha value is -2.04. The molecule has 24 heavy (non-hydrogen) atoms. The number of hydrogen-bond donors (Lipinski definition) is 3. The van der Waals surface area contributed by atoms with Gasteiger partial charge in [-0.05, 0) is 29.4 Å². The molecule has 5 nitrogen and oxygen atoms in total. The van der Waals surface area contributed by atoms with Crippen LogP contribution in [0.2, 0.25) is 0 Å². The highest BCUT2D eigenvalue weighted by Crippen LogP contribution is 2.22. The molecule has 0 unspecified atom stereocenters. The molecule has 0 saturated heterocycles. The van der Waals surface area contributed by atoms with Crippen LogP contribution in [0.5, 0.6) is 0 Å². The smallest absolute Gasteiger partial charge is 0.239 e. The van der Waals surface area contributed by atoms with Gasteiger partial charge in [0.1, 0.15) is 0 Å². The lowest BCUT2D eigenvalue weighted by Crippen LogP contribution is -2.43. The van der Waals surface area contributed by atoms with Crippen molar-refractivity contribution in [2.45, 2.75) is 46.0 Å². The summed E-state index contributed by atoms with van der Waals surface area (Å²) in [5, 5.41) is 9.08. The summed E-state index contributed by atoms with van der Waals surface area (Å²) in [6.07, 6.45) is 1.85. The topological polar surface area (TPSA) is 65.5 Å². The molecular formula is C19H32N4O. The zero-order valence-corrected chi connectivity index (χ0v) is 15.7. The number of guanidine groups is 1. The van der Waals surface area contributed by atoms with Crippen LogP contribution >= 0.6 is 0 Å². The van der Waals surface area contributed by atoms with Crippen molar-refractivity contribution in [3.63, 3.8) is 0 Å². The molecule has 1 amide bonds. The highest BCUT2D eigenvalue weighted by atomic mass is 16.1.